The molecule has 2 heteroatoms. The Balaban J connectivity index is 3.05. The highest BCUT2D eigenvalue weighted by atomic mass is 16.5. The lowest BCUT2D eigenvalue weighted by Crippen LogP contribution is -2.04. The number of unbranched alkanes of at least 4 members (excludes halogenated alkanes) is 8. The van der Waals surface area contributed by atoms with Crippen LogP contribution in [0.3, 0.4) is 0 Å². The van der Waals surface area contributed by atoms with Gasteiger partial charge in [0.25, 0.3) is 0 Å². The molecule has 0 N–H and O–H groups in total. The van der Waals surface area contributed by atoms with Crippen molar-refractivity contribution in [2.45, 2.75) is 77.6 Å². The maximum absolute atomic E-state index is 11.2. The number of carbonyl (C=O) groups is 1. The molecule has 0 unspecified atom stereocenters. The third-order valence-electron chi connectivity index (χ3n) is 2.89. The fraction of sp³-hybridized carbons (Fsp3) is 0.867. The number of esters is 1. The van der Waals surface area contributed by atoms with Gasteiger partial charge in [0.15, 0.2) is 0 Å². The van der Waals surface area contributed by atoms with Crippen molar-refractivity contribution >= 4 is 5.97 Å². The molecule has 0 aliphatic carbocycles. The van der Waals surface area contributed by atoms with E-state index in [-0.39, 0.29) is 5.97 Å². The molecule has 0 fully saturated rings. The van der Waals surface area contributed by atoms with E-state index in [9.17, 15) is 4.79 Å². The first-order chi connectivity index (χ1) is 8.31. The van der Waals surface area contributed by atoms with Crippen LogP contribution in [0.15, 0.2) is 0 Å². The van der Waals surface area contributed by atoms with Crippen molar-refractivity contribution in [3.8, 4) is 0 Å². The molecule has 101 valence electrons. The van der Waals surface area contributed by atoms with Gasteiger partial charge in [0, 0.05) is 6.42 Å². The summed E-state index contributed by atoms with van der Waals surface area (Å²) in [6.45, 7) is 6.34. The summed E-state index contributed by atoms with van der Waals surface area (Å²) in [5.41, 5.74) is 0. The van der Waals surface area contributed by atoms with E-state index in [1.54, 1.807) is 0 Å². The molecule has 0 saturated carbocycles. The standard InChI is InChI=1S/C15H29O2/c1-3-5-6-7-8-9-10-11-12-13-15(16)17-14-4-2/h2-14H2,1H3. The molecule has 0 aromatic rings. The summed E-state index contributed by atoms with van der Waals surface area (Å²) in [5, 5.41) is 0. The number of hydrogen-bond donors (Lipinski definition) is 0. The van der Waals surface area contributed by atoms with Gasteiger partial charge in [-0.05, 0) is 19.8 Å². The highest BCUT2D eigenvalue weighted by Crippen LogP contribution is 2.10. The van der Waals surface area contributed by atoms with E-state index in [2.05, 4.69) is 13.8 Å². The molecule has 0 aliphatic heterocycles. The molecule has 0 spiro atoms. The first-order valence-corrected chi connectivity index (χ1v) is 7.26. The molecular weight excluding hydrogens is 212 g/mol. The Morgan fingerprint density at radius 1 is 0.941 bits per heavy atom. The van der Waals surface area contributed by atoms with Crippen molar-refractivity contribution in [2.24, 2.45) is 0 Å². The second-order valence-electron chi connectivity index (χ2n) is 4.65. The van der Waals surface area contributed by atoms with E-state index in [4.69, 9.17) is 4.74 Å². The maximum Gasteiger partial charge on any atom is 0.305 e. The summed E-state index contributed by atoms with van der Waals surface area (Å²) in [6.07, 6.45) is 12.8. The van der Waals surface area contributed by atoms with Crippen molar-refractivity contribution in [1.29, 1.82) is 0 Å². The first kappa shape index (κ1) is 16.5. The number of hydrogen-bond acceptors (Lipinski definition) is 2. The van der Waals surface area contributed by atoms with Crippen LogP contribution in [0.2, 0.25) is 0 Å². The highest BCUT2D eigenvalue weighted by Gasteiger charge is 2.01. The molecule has 1 radical (unpaired) electrons. The predicted molar refractivity (Wildman–Crippen MR) is 72.8 cm³/mol. The average molecular weight is 241 g/mol. The molecule has 0 aromatic heterocycles. The number of ether oxygens (including phenoxy) is 1. The number of carbonyl (C=O) groups excluding carboxylic acids is 1. The Morgan fingerprint density at radius 2 is 1.47 bits per heavy atom. The van der Waals surface area contributed by atoms with Crippen LogP contribution in [0.4, 0.5) is 0 Å². The fourth-order valence-corrected chi connectivity index (χ4v) is 1.84. The molecule has 17 heavy (non-hydrogen) atoms. The topological polar surface area (TPSA) is 26.3 Å². The monoisotopic (exact) mass is 241 g/mol. The van der Waals surface area contributed by atoms with Gasteiger partial charge in [-0.1, -0.05) is 58.3 Å². The Labute approximate surface area is 107 Å². The van der Waals surface area contributed by atoms with Crippen LogP contribution < -0.4 is 0 Å². The van der Waals surface area contributed by atoms with Crippen molar-refractivity contribution in [2.75, 3.05) is 6.61 Å². The van der Waals surface area contributed by atoms with E-state index in [1.807, 2.05) is 0 Å². The van der Waals surface area contributed by atoms with Crippen LogP contribution in [0.1, 0.15) is 77.6 Å². The summed E-state index contributed by atoms with van der Waals surface area (Å²) in [6, 6.07) is 0. The van der Waals surface area contributed by atoms with Gasteiger partial charge in [-0.15, -0.1) is 0 Å². The molecular formula is C15H29O2. The Morgan fingerprint density at radius 3 is 2.00 bits per heavy atom. The number of rotatable bonds is 12. The van der Waals surface area contributed by atoms with Gasteiger partial charge in [-0.2, -0.15) is 0 Å². The minimum absolute atomic E-state index is 0.0587. The lowest BCUT2D eigenvalue weighted by atomic mass is 10.1. The van der Waals surface area contributed by atoms with E-state index in [0.717, 1.165) is 12.8 Å². The Hall–Kier alpha value is -0.530. The molecule has 0 rings (SSSR count). The van der Waals surface area contributed by atoms with E-state index in [1.165, 1.54) is 44.9 Å². The summed E-state index contributed by atoms with van der Waals surface area (Å²) in [7, 11) is 0. The van der Waals surface area contributed by atoms with E-state index >= 15 is 0 Å². The molecule has 0 saturated heterocycles. The Kier molecular flexibility index (Phi) is 13.1. The van der Waals surface area contributed by atoms with Crippen molar-refractivity contribution < 1.29 is 9.53 Å². The fourth-order valence-electron chi connectivity index (χ4n) is 1.84. The smallest absolute Gasteiger partial charge is 0.305 e. The van der Waals surface area contributed by atoms with Gasteiger partial charge < -0.3 is 4.74 Å². The van der Waals surface area contributed by atoms with Crippen LogP contribution in [-0.2, 0) is 9.53 Å². The maximum atomic E-state index is 11.2. The van der Waals surface area contributed by atoms with Crippen LogP contribution >= 0.6 is 0 Å². The van der Waals surface area contributed by atoms with Crippen molar-refractivity contribution in [1.82, 2.24) is 0 Å². The highest BCUT2D eigenvalue weighted by molar-refractivity contribution is 5.69. The second kappa shape index (κ2) is 13.5. The molecule has 0 atom stereocenters. The molecule has 0 heterocycles. The van der Waals surface area contributed by atoms with Gasteiger partial charge in [0.05, 0.1) is 6.61 Å². The third kappa shape index (κ3) is 13.4. The molecule has 2 nitrogen and oxygen atoms in total. The quantitative estimate of drug-likeness (QED) is 0.366. The molecule has 0 aromatic carbocycles. The zero-order valence-electron chi connectivity index (χ0n) is 11.5. The second-order valence-corrected chi connectivity index (χ2v) is 4.65. The Bertz CT molecular complexity index is 166. The summed E-state index contributed by atoms with van der Waals surface area (Å²) >= 11 is 0. The zero-order chi connectivity index (χ0) is 12.8. The van der Waals surface area contributed by atoms with Gasteiger partial charge in [0.2, 0.25) is 0 Å². The van der Waals surface area contributed by atoms with Crippen LogP contribution in [0.25, 0.3) is 0 Å². The van der Waals surface area contributed by atoms with E-state index in [0.29, 0.717) is 19.4 Å². The van der Waals surface area contributed by atoms with Gasteiger partial charge in [-0.3, -0.25) is 4.79 Å². The zero-order valence-corrected chi connectivity index (χ0v) is 11.5. The van der Waals surface area contributed by atoms with E-state index < -0.39 is 0 Å². The lowest BCUT2D eigenvalue weighted by Gasteiger charge is -2.03. The molecule has 0 bridgehead atoms. The van der Waals surface area contributed by atoms with Gasteiger partial charge in [-0.25, -0.2) is 0 Å². The molecule has 0 aliphatic rings. The SMILES string of the molecule is [CH2]CCOC(=O)CCCCCCCCCCC. The first-order valence-electron chi connectivity index (χ1n) is 7.26. The normalized spacial score (nSPS) is 10.5. The summed E-state index contributed by atoms with van der Waals surface area (Å²) in [4.78, 5) is 11.2. The van der Waals surface area contributed by atoms with Crippen molar-refractivity contribution in [3.63, 3.8) is 0 Å². The summed E-state index contributed by atoms with van der Waals surface area (Å²) in [5.74, 6) is -0.0587. The molecule has 0 amide bonds. The minimum atomic E-state index is -0.0587. The average Bonchev–Trinajstić information content (AvgIpc) is 2.34. The van der Waals surface area contributed by atoms with Gasteiger partial charge >= 0.3 is 5.97 Å². The van der Waals surface area contributed by atoms with Crippen molar-refractivity contribution in [3.05, 3.63) is 6.92 Å². The summed E-state index contributed by atoms with van der Waals surface area (Å²) < 4.78 is 4.96. The predicted octanol–water partition coefficient (Wildman–Crippen LogP) is 4.67. The van der Waals surface area contributed by atoms with Crippen LogP contribution in [0, 0.1) is 6.92 Å². The van der Waals surface area contributed by atoms with Crippen LogP contribution in [-0.4, -0.2) is 12.6 Å². The van der Waals surface area contributed by atoms with Gasteiger partial charge in [0.1, 0.15) is 0 Å². The third-order valence-corrected chi connectivity index (χ3v) is 2.89. The largest absolute Gasteiger partial charge is 0.466 e. The van der Waals surface area contributed by atoms with Crippen LogP contribution in [0.5, 0.6) is 0 Å². The lowest BCUT2D eigenvalue weighted by molar-refractivity contribution is -0.143. The minimum Gasteiger partial charge on any atom is -0.466 e.